The van der Waals surface area contributed by atoms with Crippen molar-refractivity contribution in [2.75, 3.05) is 23.3 Å². The molecule has 2 atom stereocenters. The number of hydrogen-bond donors (Lipinski definition) is 2. The van der Waals surface area contributed by atoms with Crippen LogP contribution in [0.1, 0.15) is 12.8 Å². The summed E-state index contributed by atoms with van der Waals surface area (Å²) in [6.07, 6.45) is 4.01. The summed E-state index contributed by atoms with van der Waals surface area (Å²) in [6.45, 7) is 0.829. The summed E-state index contributed by atoms with van der Waals surface area (Å²) in [7, 11) is 0. The third kappa shape index (κ3) is 3.21. The Labute approximate surface area is 154 Å². The van der Waals surface area contributed by atoms with Gasteiger partial charge in [0.2, 0.25) is 5.82 Å². The number of nitrogens with one attached hydrogen (secondary N) is 1. The molecule has 0 radical (unpaired) electrons. The predicted molar refractivity (Wildman–Crippen MR) is 97.3 cm³/mol. The van der Waals surface area contributed by atoms with Crippen molar-refractivity contribution in [1.82, 2.24) is 14.9 Å². The van der Waals surface area contributed by atoms with Crippen molar-refractivity contribution in [2.45, 2.75) is 24.9 Å². The molecule has 4 heterocycles. The lowest BCUT2D eigenvalue weighted by Crippen LogP contribution is -2.55. The number of nitrogens with zero attached hydrogens (tertiary/aromatic N) is 5. The van der Waals surface area contributed by atoms with Crippen molar-refractivity contribution < 1.29 is 14.8 Å². The number of likely N-dealkylation sites (tertiary alicyclic amines) is 1. The first kappa shape index (κ1) is 17.0. The van der Waals surface area contributed by atoms with Crippen LogP contribution < -0.4 is 10.2 Å². The maximum absolute atomic E-state index is 11.4. The highest BCUT2D eigenvalue weighted by molar-refractivity contribution is 5.69. The summed E-state index contributed by atoms with van der Waals surface area (Å²) >= 11 is 0. The average molecular weight is 370 g/mol. The first-order chi connectivity index (χ1) is 13.0. The van der Waals surface area contributed by atoms with Gasteiger partial charge in [-0.2, -0.15) is 0 Å². The second-order valence-electron chi connectivity index (χ2n) is 6.64. The highest BCUT2D eigenvalue weighted by Crippen LogP contribution is 2.36. The molecule has 27 heavy (non-hydrogen) atoms. The van der Waals surface area contributed by atoms with Gasteiger partial charge in [0.1, 0.15) is 5.82 Å². The van der Waals surface area contributed by atoms with Gasteiger partial charge in [0.15, 0.2) is 0 Å². The van der Waals surface area contributed by atoms with Gasteiger partial charge in [-0.25, -0.2) is 9.78 Å². The van der Waals surface area contributed by atoms with Gasteiger partial charge in [0, 0.05) is 49.3 Å². The maximum Gasteiger partial charge on any atom is 0.407 e. The molecule has 2 saturated heterocycles. The minimum atomic E-state index is -0.914. The molecule has 0 aliphatic carbocycles. The fourth-order valence-electron chi connectivity index (χ4n) is 3.83. The normalized spacial score (nSPS) is 21.2. The SMILES string of the molecule is O=C(O)N1C[C@H]2CC[C@@H](C1)N2c1ccc([N+](=O)[O-])c(Nc2ccncc2)n1. The summed E-state index contributed by atoms with van der Waals surface area (Å²) in [5.74, 6) is 0.776. The van der Waals surface area contributed by atoms with Crippen LogP contribution in [0.4, 0.5) is 27.8 Å². The molecule has 10 heteroatoms. The summed E-state index contributed by atoms with van der Waals surface area (Å²) < 4.78 is 0. The second-order valence-corrected chi connectivity index (χ2v) is 6.64. The molecule has 0 unspecified atom stereocenters. The number of fused-ring (bicyclic) bond motifs is 2. The van der Waals surface area contributed by atoms with Gasteiger partial charge in [-0.3, -0.25) is 15.1 Å². The van der Waals surface area contributed by atoms with Crippen LogP contribution in [0.2, 0.25) is 0 Å². The Morgan fingerprint density at radius 2 is 1.85 bits per heavy atom. The zero-order valence-electron chi connectivity index (χ0n) is 14.4. The first-order valence-corrected chi connectivity index (χ1v) is 8.61. The van der Waals surface area contributed by atoms with Gasteiger partial charge in [-0.1, -0.05) is 0 Å². The smallest absolute Gasteiger partial charge is 0.407 e. The second kappa shape index (κ2) is 6.71. The minimum Gasteiger partial charge on any atom is -0.465 e. The van der Waals surface area contributed by atoms with Gasteiger partial charge < -0.3 is 20.2 Å². The molecule has 0 saturated carbocycles. The number of aromatic nitrogens is 2. The lowest BCUT2D eigenvalue weighted by atomic mass is 10.2. The van der Waals surface area contributed by atoms with Gasteiger partial charge in [0.25, 0.3) is 0 Å². The van der Waals surface area contributed by atoms with Crippen molar-refractivity contribution in [3.63, 3.8) is 0 Å². The molecule has 2 aromatic heterocycles. The Morgan fingerprint density at radius 1 is 1.19 bits per heavy atom. The fraction of sp³-hybridized carbons (Fsp3) is 0.353. The number of hydrogen-bond acceptors (Lipinski definition) is 7. The Bertz CT molecular complexity index is 863. The summed E-state index contributed by atoms with van der Waals surface area (Å²) in [5, 5.41) is 23.6. The molecule has 2 aliphatic rings. The van der Waals surface area contributed by atoms with E-state index in [1.165, 1.54) is 11.0 Å². The molecule has 2 aromatic rings. The van der Waals surface area contributed by atoms with Crippen LogP contribution in [0.25, 0.3) is 0 Å². The van der Waals surface area contributed by atoms with Crippen LogP contribution in [-0.4, -0.2) is 56.2 Å². The van der Waals surface area contributed by atoms with E-state index in [0.29, 0.717) is 24.6 Å². The van der Waals surface area contributed by atoms with E-state index in [-0.39, 0.29) is 23.6 Å². The largest absolute Gasteiger partial charge is 0.465 e. The van der Waals surface area contributed by atoms with E-state index in [4.69, 9.17) is 0 Å². The van der Waals surface area contributed by atoms with Crippen LogP contribution in [0.5, 0.6) is 0 Å². The molecule has 0 aromatic carbocycles. The molecular formula is C17H18N6O4. The van der Waals surface area contributed by atoms with Crippen LogP contribution in [0.15, 0.2) is 36.7 Å². The van der Waals surface area contributed by atoms with Crippen molar-refractivity contribution in [3.8, 4) is 0 Å². The molecule has 4 rings (SSSR count). The van der Waals surface area contributed by atoms with Crippen molar-refractivity contribution >= 4 is 29.1 Å². The van der Waals surface area contributed by atoms with Gasteiger partial charge in [0.05, 0.1) is 4.92 Å². The molecule has 0 spiro atoms. The number of nitro groups is 1. The molecular weight excluding hydrogens is 352 g/mol. The topological polar surface area (TPSA) is 125 Å². The van der Waals surface area contributed by atoms with E-state index in [1.54, 1.807) is 30.6 Å². The average Bonchev–Trinajstić information content (AvgIpc) is 2.91. The number of piperazine rings is 1. The fourth-order valence-corrected chi connectivity index (χ4v) is 3.83. The van der Waals surface area contributed by atoms with Gasteiger partial charge in [-0.05, 0) is 31.0 Å². The van der Waals surface area contributed by atoms with Crippen molar-refractivity contribution in [2.24, 2.45) is 0 Å². The van der Waals surface area contributed by atoms with Crippen LogP contribution in [0, 0.1) is 10.1 Å². The molecule has 2 fully saturated rings. The zero-order chi connectivity index (χ0) is 19.0. The molecule has 1 amide bonds. The number of anilines is 3. The molecule has 2 N–H and O–H groups in total. The van der Waals surface area contributed by atoms with E-state index in [2.05, 4.69) is 20.2 Å². The third-order valence-corrected chi connectivity index (χ3v) is 5.02. The lowest BCUT2D eigenvalue weighted by Gasteiger charge is -2.40. The highest BCUT2D eigenvalue weighted by Gasteiger charge is 2.42. The van der Waals surface area contributed by atoms with Crippen molar-refractivity contribution in [1.29, 1.82) is 0 Å². The molecule has 2 bridgehead atoms. The number of pyridine rings is 2. The standard InChI is InChI=1S/C17H18N6O4/c24-17(25)21-9-12-1-2-13(10-21)22(12)15-4-3-14(23(26)27)16(20-15)19-11-5-7-18-8-6-11/h3-8,12-13H,1-2,9-10H2,(H,24,25)(H,18,19,20)/t12-,13+. The quantitative estimate of drug-likeness (QED) is 0.621. The lowest BCUT2D eigenvalue weighted by molar-refractivity contribution is -0.384. The van der Waals surface area contributed by atoms with E-state index in [0.717, 1.165) is 12.8 Å². The highest BCUT2D eigenvalue weighted by atomic mass is 16.6. The van der Waals surface area contributed by atoms with Crippen LogP contribution in [0.3, 0.4) is 0 Å². The summed E-state index contributed by atoms with van der Waals surface area (Å²) in [6, 6.07) is 6.54. The number of amides is 1. The molecule has 140 valence electrons. The summed E-state index contributed by atoms with van der Waals surface area (Å²) in [4.78, 5) is 34.2. The van der Waals surface area contributed by atoms with Crippen LogP contribution >= 0.6 is 0 Å². The number of carboxylic acid groups (broad SMARTS) is 1. The summed E-state index contributed by atoms with van der Waals surface area (Å²) in [5.41, 5.74) is 0.531. The van der Waals surface area contributed by atoms with E-state index >= 15 is 0 Å². The predicted octanol–water partition coefficient (Wildman–Crippen LogP) is 2.46. The Kier molecular flexibility index (Phi) is 4.22. The number of rotatable bonds is 4. The first-order valence-electron chi connectivity index (χ1n) is 8.61. The maximum atomic E-state index is 11.4. The Hall–Kier alpha value is -3.43. The third-order valence-electron chi connectivity index (χ3n) is 5.02. The van der Waals surface area contributed by atoms with Gasteiger partial charge in [-0.15, -0.1) is 0 Å². The van der Waals surface area contributed by atoms with Crippen LogP contribution in [-0.2, 0) is 0 Å². The van der Waals surface area contributed by atoms with E-state index in [9.17, 15) is 20.0 Å². The van der Waals surface area contributed by atoms with E-state index < -0.39 is 11.0 Å². The molecule has 10 nitrogen and oxygen atoms in total. The monoisotopic (exact) mass is 370 g/mol. The Balaban J connectivity index is 1.65. The van der Waals surface area contributed by atoms with E-state index in [1.807, 2.05) is 0 Å². The number of carbonyl (C=O) groups is 1. The van der Waals surface area contributed by atoms with Gasteiger partial charge >= 0.3 is 11.8 Å². The Morgan fingerprint density at radius 3 is 2.44 bits per heavy atom. The minimum absolute atomic E-state index is 0.0302. The molecule has 2 aliphatic heterocycles. The van der Waals surface area contributed by atoms with Crippen molar-refractivity contribution in [3.05, 3.63) is 46.8 Å². The zero-order valence-corrected chi connectivity index (χ0v) is 14.4.